The van der Waals surface area contributed by atoms with E-state index in [2.05, 4.69) is 22.2 Å². The third kappa shape index (κ3) is 3.30. The lowest BCUT2D eigenvalue weighted by Crippen LogP contribution is -2.19. The summed E-state index contributed by atoms with van der Waals surface area (Å²) in [6.07, 6.45) is 1.01. The summed E-state index contributed by atoms with van der Waals surface area (Å²) in [6.45, 7) is 7.24. The first kappa shape index (κ1) is 15.7. The van der Waals surface area contributed by atoms with Crippen LogP contribution in [0.4, 0.5) is 0 Å². The molecule has 0 amide bonds. The lowest BCUT2D eigenvalue weighted by Gasteiger charge is -2.02. The van der Waals surface area contributed by atoms with Crippen LogP contribution < -0.4 is 10.9 Å². The number of thiophene rings is 1. The van der Waals surface area contributed by atoms with E-state index in [4.69, 9.17) is 4.74 Å². The van der Waals surface area contributed by atoms with Crippen LogP contribution in [0.15, 0.2) is 4.79 Å². The molecule has 2 N–H and O–H groups in total. The van der Waals surface area contributed by atoms with Crippen molar-refractivity contribution in [2.24, 2.45) is 0 Å². The molecule has 0 aromatic carbocycles. The number of carbonyl (C=O) groups excluding carboxylic acids is 1. The van der Waals surface area contributed by atoms with E-state index in [1.165, 1.54) is 11.3 Å². The molecule has 2 rings (SSSR count). The van der Waals surface area contributed by atoms with E-state index in [0.717, 1.165) is 13.0 Å². The Morgan fingerprint density at radius 3 is 2.86 bits per heavy atom. The normalized spacial score (nSPS) is 11.0. The molecule has 2 aromatic rings. The van der Waals surface area contributed by atoms with Gasteiger partial charge in [0.05, 0.1) is 18.5 Å². The Bertz CT molecular complexity index is 705. The number of nitrogens with one attached hydrogen (secondary N) is 2. The third-order valence-electron chi connectivity index (χ3n) is 3.03. The van der Waals surface area contributed by atoms with Gasteiger partial charge in [0, 0.05) is 0 Å². The highest BCUT2D eigenvalue weighted by Crippen LogP contribution is 2.27. The summed E-state index contributed by atoms with van der Waals surface area (Å²) >= 11 is 1.21. The Labute approximate surface area is 126 Å². The number of fused-ring (bicyclic) bond motifs is 1. The van der Waals surface area contributed by atoms with Gasteiger partial charge in [0.1, 0.15) is 15.5 Å². The second-order valence-corrected chi connectivity index (χ2v) is 5.65. The molecule has 114 valence electrons. The van der Waals surface area contributed by atoms with Crippen LogP contribution in [0, 0.1) is 6.92 Å². The highest BCUT2D eigenvalue weighted by atomic mass is 32.1. The zero-order chi connectivity index (χ0) is 15.4. The standard InChI is InChI=1S/C14H19N3O3S/c1-4-6-15-7-9-16-12(18)10-8(3)11(14(19)20-5-2)21-13(10)17-9/h15H,4-7H2,1-3H3,(H,16,17,18). The van der Waals surface area contributed by atoms with Crippen molar-refractivity contribution in [3.05, 3.63) is 26.6 Å². The first-order chi connectivity index (χ1) is 10.1. The highest BCUT2D eigenvalue weighted by Gasteiger charge is 2.19. The molecule has 0 spiro atoms. The summed E-state index contributed by atoms with van der Waals surface area (Å²) in [5.41, 5.74) is 0.424. The first-order valence-electron chi connectivity index (χ1n) is 6.98. The lowest BCUT2D eigenvalue weighted by atomic mass is 10.2. The van der Waals surface area contributed by atoms with Crippen LogP contribution in [0.25, 0.3) is 10.2 Å². The summed E-state index contributed by atoms with van der Waals surface area (Å²) in [4.78, 5) is 32.3. The van der Waals surface area contributed by atoms with Crippen LogP contribution in [0.1, 0.15) is 41.3 Å². The number of ether oxygens (including phenoxy) is 1. The molecule has 0 saturated carbocycles. The Morgan fingerprint density at radius 2 is 2.19 bits per heavy atom. The summed E-state index contributed by atoms with van der Waals surface area (Å²) in [5, 5.41) is 3.66. The molecule has 0 aliphatic heterocycles. The van der Waals surface area contributed by atoms with Crippen molar-refractivity contribution >= 4 is 27.5 Å². The number of aryl methyl sites for hydroxylation is 1. The molecule has 7 heteroatoms. The first-order valence-corrected chi connectivity index (χ1v) is 7.80. The monoisotopic (exact) mass is 309 g/mol. The number of H-pyrrole nitrogens is 1. The Morgan fingerprint density at radius 1 is 1.43 bits per heavy atom. The molecule has 6 nitrogen and oxygen atoms in total. The summed E-state index contributed by atoms with van der Waals surface area (Å²) < 4.78 is 5.01. The fraction of sp³-hybridized carbons (Fsp3) is 0.500. The molecule has 0 aliphatic rings. The van der Waals surface area contributed by atoms with Gasteiger partial charge in [0.25, 0.3) is 5.56 Å². The molecule has 21 heavy (non-hydrogen) atoms. The SMILES string of the molecule is CCCNCc1nc2sc(C(=O)OCC)c(C)c2c(=O)[nH]1. The smallest absolute Gasteiger partial charge is 0.348 e. The Hall–Kier alpha value is -1.73. The van der Waals surface area contributed by atoms with Gasteiger partial charge in [0.15, 0.2) is 0 Å². The molecule has 0 fully saturated rings. The second-order valence-electron chi connectivity index (χ2n) is 4.65. The summed E-state index contributed by atoms with van der Waals surface area (Å²) in [6, 6.07) is 0. The van der Waals surface area contributed by atoms with Crippen molar-refractivity contribution in [3.63, 3.8) is 0 Å². The summed E-state index contributed by atoms with van der Waals surface area (Å²) in [7, 11) is 0. The molecule has 0 radical (unpaired) electrons. The summed E-state index contributed by atoms with van der Waals surface area (Å²) in [5.74, 6) is 0.181. The second kappa shape index (κ2) is 6.82. The Balaban J connectivity index is 2.40. The molecule has 0 bridgehead atoms. The number of carbonyl (C=O) groups is 1. The van der Waals surface area contributed by atoms with Gasteiger partial charge in [-0.15, -0.1) is 11.3 Å². The number of esters is 1. The predicted octanol–water partition coefficient (Wildman–Crippen LogP) is 1.97. The maximum atomic E-state index is 12.2. The largest absolute Gasteiger partial charge is 0.462 e. The number of nitrogens with zero attached hydrogens (tertiary/aromatic N) is 1. The zero-order valence-electron chi connectivity index (χ0n) is 12.4. The van der Waals surface area contributed by atoms with Gasteiger partial charge in [-0.2, -0.15) is 0 Å². The fourth-order valence-electron chi connectivity index (χ4n) is 2.05. The van der Waals surface area contributed by atoms with E-state index < -0.39 is 5.97 Å². The van der Waals surface area contributed by atoms with Crippen LogP contribution in [0.5, 0.6) is 0 Å². The van der Waals surface area contributed by atoms with E-state index in [-0.39, 0.29) is 5.56 Å². The maximum Gasteiger partial charge on any atom is 0.348 e. The van der Waals surface area contributed by atoms with Gasteiger partial charge >= 0.3 is 5.97 Å². The third-order valence-corrected chi connectivity index (χ3v) is 4.20. The molecule has 0 aliphatic carbocycles. The zero-order valence-corrected chi connectivity index (χ0v) is 13.2. The minimum atomic E-state index is -0.400. The van der Waals surface area contributed by atoms with E-state index in [9.17, 15) is 9.59 Å². The lowest BCUT2D eigenvalue weighted by molar-refractivity contribution is 0.0531. The van der Waals surface area contributed by atoms with Gasteiger partial charge in [-0.1, -0.05) is 6.92 Å². The predicted molar refractivity (Wildman–Crippen MR) is 82.9 cm³/mol. The van der Waals surface area contributed by atoms with E-state index >= 15 is 0 Å². The van der Waals surface area contributed by atoms with Crippen LogP contribution in [-0.2, 0) is 11.3 Å². The van der Waals surface area contributed by atoms with Crippen LogP contribution in [0.3, 0.4) is 0 Å². The molecular formula is C14H19N3O3S. The van der Waals surface area contributed by atoms with Gasteiger partial charge in [-0.25, -0.2) is 9.78 Å². The van der Waals surface area contributed by atoms with E-state index in [1.54, 1.807) is 13.8 Å². The average Bonchev–Trinajstić information content (AvgIpc) is 2.77. The van der Waals surface area contributed by atoms with E-state index in [1.807, 2.05) is 0 Å². The topological polar surface area (TPSA) is 84.1 Å². The van der Waals surface area contributed by atoms with Gasteiger partial charge in [-0.05, 0) is 32.4 Å². The van der Waals surface area contributed by atoms with Crippen molar-refractivity contribution in [1.29, 1.82) is 0 Å². The number of aromatic nitrogens is 2. The molecule has 0 atom stereocenters. The van der Waals surface area contributed by atoms with Crippen molar-refractivity contribution in [2.75, 3.05) is 13.2 Å². The van der Waals surface area contributed by atoms with Crippen molar-refractivity contribution in [1.82, 2.24) is 15.3 Å². The molecule has 2 aromatic heterocycles. The van der Waals surface area contributed by atoms with Crippen LogP contribution in [0.2, 0.25) is 0 Å². The van der Waals surface area contributed by atoms with Crippen molar-refractivity contribution < 1.29 is 9.53 Å². The van der Waals surface area contributed by atoms with Crippen LogP contribution in [-0.4, -0.2) is 29.1 Å². The molecule has 2 heterocycles. The number of hydrogen-bond acceptors (Lipinski definition) is 6. The number of rotatable bonds is 6. The molecular weight excluding hydrogens is 290 g/mol. The van der Waals surface area contributed by atoms with Gasteiger partial charge < -0.3 is 15.0 Å². The molecule has 0 saturated heterocycles. The Kier molecular flexibility index (Phi) is 5.08. The minimum Gasteiger partial charge on any atom is -0.462 e. The minimum absolute atomic E-state index is 0.211. The van der Waals surface area contributed by atoms with Crippen LogP contribution >= 0.6 is 11.3 Å². The van der Waals surface area contributed by atoms with Crippen molar-refractivity contribution in [2.45, 2.75) is 33.7 Å². The van der Waals surface area contributed by atoms with E-state index in [0.29, 0.717) is 39.6 Å². The number of hydrogen-bond donors (Lipinski definition) is 2. The quantitative estimate of drug-likeness (QED) is 0.629. The molecule has 0 unspecified atom stereocenters. The van der Waals surface area contributed by atoms with Crippen molar-refractivity contribution in [3.8, 4) is 0 Å². The number of aromatic amines is 1. The average molecular weight is 309 g/mol. The fourth-order valence-corrected chi connectivity index (χ4v) is 3.14. The maximum absolute atomic E-state index is 12.2. The van der Waals surface area contributed by atoms with Gasteiger partial charge in [0.2, 0.25) is 0 Å². The highest BCUT2D eigenvalue weighted by molar-refractivity contribution is 7.20. The van der Waals surface area contributed by atoms with Gasteiger partial charge in [-0.3, -0.25) is 4.79 Å².